The molecule has 242 valence electrons. The molecule has 0 radical (unpaired) electrons. The number of halogens is 5. The van der Waals surface area contributed by atoms with Crippen LogP contribution in [0.4, 0.5) is 33.3 Å². The fourth-order valence-electron chi connectivity index (χ4n) is 6.68. The summed E-state index contributed by atoms with van der Waals surface area (Å²) < 4.78 is 74.6. The summed E-state index contributed by atoms with van der Waals surface area (Å²) in [6, 6.07) is 0.209. The Morgan fingerprint density at radius 2 is 1.89 bits per heavy atom. The number of hydrogen-bond donors (Lipinski definition) is 1. The van der Waals surface area contributed by atoms with Crippen LogP contribution >= 0.6 is 0 Å². The quantitative estimate of drug-likeness (QED) is 0.308. The molecular weight excluding hydrogens is 611 g/mol. The van der Waals surface area contributed by atoms with Crippen LogP contribution in [0.5, 0.6) is 0 Å². The number of amides is 1. The van der Waals surface area contributed by atoms with Crippen LogP contribution in [-0.4, -0.2) is 57.1 Å². The van der Waals surface area contributed by atoms with Gasteiger partial charge in [0, 0.05) is 43.8 Å². The number of allylic oxidation sites excluding steroid dienone is 4. The van der Waals surface area contributed by atoms with Crippen molar-refractivity contribution in [2.75, 3.05) is 36.4 Å². The summed E-state index contributed by atoms with van der Waals surface area (Å²) in [6.45, 7) is 8.69. The number of aryl methyl sites for hydroxylation is 1. The van der Waals surface area contributed by atoms with Crippen LogP contribution in [0.2, 0.25) is 0 Å². The van der Waals surface area contributed by atoms with E-state index < -0.39 is 52.6 Å². The molecular formula is C32H31F5N6O3. The lowest BCUT2D eigenvalue weighted by Gasteiger charge is -2.42. The highest BCUT2D eigenvalue weighted by atomic mass is 19.4. The van der Waals surface area contributed by atoms with E-state index in [2.05, 4.69) is 16.9 Å². The average molecular weight is 643 g/mol. The van der Waals surface area contributed by atoms with E-state index in [0.717, 1.165) is 22.8 Å². The molecule has 9 nitrogen and oxygen atoms in total. The van der Waals surface area contributed by atoms with Crippen molar-refractivity contribution in [3.8, 4) is 5.69 Å². The number of nitrogens with one attached hydrogen (secondary N) is 1. The molecule has 1 aliphatic carbocycles. The second kappa shape index (κ2) is 11.2. The zero-order chi connectivity index (χ0) is 33.2. The number of fused-ring (bicyclic) bond motifs is 5. The van der Waals surface area contributed by atoms with Crippen molar-refractivity contribution < 1.29 is 26.7 Å². The average Bonchev–Trinajstić information content (AvgIpc) is 3.31. The Balaban J connectivity index is 1.76. The van der Waals surface area contributed by atoms with E-state index in [1.54, 1.807) is 24.1 Å². The number of rotatable bonds is 4. The summed E-state index contributed by atoms with van der Waals surface area (Å²) in [5.41, 5.74) is -2.42. The Hall–Kier alpha value is -4.75. The predicted octanol–water partition coefficient (Wildman–Crippen LogP) is 5.28. The molecule has 14 heteroatoms. The summed E-state index contributed by atoms with van der Waals surface area (Å²) in [7, 11) is 0. The molecule has 0 aromatic carbocycles. The first-order chi connectivity index (χ1) is 21.7. The minimum Gasteiger partial charge on any atom is -0.379 e. The second-order valence-electron chi connectivity index (χ2n) is 11.9. The third-order valence-corrected chi connectivity index (χ3v) is 8.74. The Morgan fingerprint density at radius 3 is 2.52 bits per heavy atom. The molecule has 2 atom stereocenters. The Bertz CT molecular complexity index is 1980. The van der Waals surface area contributed by atoms with Crippen LogP contribution in [0.15, 0.2) is 64.4 Å². The van der Waals surface area contributed by atoms with Gasteiger partial charge >= 0.3 is 6.18 Å². The number of carbonyl (C=O) groups is 1. The van der Waals surface area contributed by atoms with Gasteiger partial charge in [-0.15, -0.1) is 0 Å². The van der Waals surface area contributed by atoms with Crippen LogP contribution in [0, 0.1) is 6.92 Å². The summed E-state index contributed by atoms with van der Waals surface area (Å²) in [5, 5.41) is 2.90. The van der Waals surface area contributed by atoms with Gasteiger partial charge in [-0.1, -0.05) is 32.6 Å². The number of hydrogen-bond acceptors (Lipinski definition) is 6. The Kier molecular flexibility index (Phi) is 7.64. The highest BCUT2D eigenvalue weighted by Gasteiger charge is 2.41. The molecule has 0 saturated carbocycles. The molecule has 1 amide bonds. The lowest BCUT2D eigenvalue weighted by atomic mass is 10.0. The zero-order valence-electron chi connectivity index (χ0n) is 25.3. The van der Waals surface area contributed by atoms with Crippen molar-refractivity contribution >= 4 is 28.2 Å². The minimum absolute atomic E-state index is 0.00638. The number of nitrogens with zero attached hydrogens (tertiary/aromatic N) is 5. The van der Waals surface area contributed by atoms with Crippen molar-refractivity contribution in [3.05, 3.63) is 92.4 Å². The first kappa shape index (κ1) is 31.2. The van der Waals surface area contributed by atoms with E-state index in [0.29, 0.717) is 22.2 Å². The van der Waals surface area contributed by atoms with Crippen molar-refractivity contribution in [1.29, 1.82) is 0 Å². The molecule has 0 bridgehead atoms. The van der Waals surface area contributed by atoms with Gasteiger partial charge in [0.05, 0.1) is 17.1 Å². The van der Waals surface area contributed by atoms with E-state index in [9.17, 15) is 36.3 Å². The number of pyridine rings is 3. The van der Waals surface area contributed by atoms with Gasteiger partial charge in [0.15, 0.2) is 5.83 Å². The van der Waals surface area contributed by atoms with E-state index in [-0.39, 0.29) is 60.1 Å². The van der Waals surface area contributed by atoms with Crippen molar-refractivity contribution in [1.82, 2.24) is 19.0 Å². The summed E-state index contributed by atoms with van der Waals surface area (Å²) in [6.07, 6.45) is 0.150. The van der Waals surface area contributed by atoms with Crippen LogP contribution in [0.25, 0.3) is 16.6 Å². The van der Waals surface area contributed by atoms with Crippen LogP contribution < -0.4 is 21.3 Å². The van der Waals surface area contributed by atoms with Crippen LogP contribution in [0.3, 0.4) is 0 Å². The third kappa shape index (κ3) is 4.90. The summed E-state index contributed by atoms with van der Waals surface area (Å²) in [4.78, 5) is 49.0. The maximum Gasteiger partial charge on any atom is 0.431 e. The van der Waals surface area contributed by atoms with Gasteiger partial charge in [0.25, 0.3) is 17.0 Å². The Labute approximate surface area is 259 Å². The van der Waals surface area contributed by atoms with Gasteiger partial charge < -0.3 is 15.1 Å². The number of carbonyl (C=O) groups excluding carboxylic acids is 1. The molecule has 46 heavy (non-hydrogen) atoms. The number of piperazine rings is 1. The van der Waals surface area contributed by atoms with Gasteiger partial charge in [-0.2, -0.15) is 13.2 Å². The molecule has 5 heterocycles. The maximum absolute atomic E-state index is 15.0. The second-order valence-corrected chi connectivity index (χ2v) is 11.9. The maximum atomic E-state index is 15.0. The van der Waals surface area contributed by atoms with E-state index >= 15 is 0 Å². The standard InChI is InChI=1S/C32H31F5N6O3/c1-16(2)24-26(17(3)8-10-38-24)43-28-20(14-23(32(35,36)37)42(31(28)46)22-7-5-6-21(22)34)27-25(30(43)45)39-11-9-19-15-40(12-13-41(19)27)29(44)18(4)33/h5-8,10,14,16,19,22,39H,4,9,11-13,15H2,1-3H3. The molecule has 0 spiro atoms. The van der Waals surface area contributed by atoms with E-state index in [4.69, 9.17) is 0 Å². The van der Waals surface area contributed by atoms with Gasteiger partial charge in [0.2, 0.25) is 0 Å². The fourth-order valence-corrected chi connectivity index (χ4v) is 6.68. The molecule has 2 unspecified atom stereocenters. The SMILES string of the molecule is C=C(F)C(=O)N1CCN2c3c(c(=O)n(-c4c(C)ccnc4C(C)C)c4c(=O)n(C5C=CC=C5F)c(C(F)(F)F)cc34)NCCC2C1. The lowest BCUT2D eigenvalue weighted by molar-refractivity contribution is -0.144. The fraction of sp³-hybridized carbons (Fsp3) is 0.375. The topological polar surface area (TPSA) is 92.5 Å². The molecule has 1 fully saturated rings. The molecule has 6 rings (SSSR count). The van der Waals surface area contributed by atoms with Gasteiger partial charge in [-0.3, -0.25) is 28.5 Å². The monoisotopic (exact) mass is 642 g/mol. The van der Waals surface area contributed by atoms with E-state index in [1.807, 2.05) is 13.8 Å². The molecule has 3 aromatic rings. The lowest BCUT2D eigenvalue weighted by Crippen LogP contribution is -2.55. The van der Waals surface area contributed by atoms with Crippen molar-refractivity contribution in [2.24, 2.45) is 0 Å². The molecule has 3 aliphatic rings. The smallest absolute Gasteiger partial charge is 0.379 e. The number of anilines is 2. The van der Waals surface area contributed by atoms with E-state index in [1.165, 1.54) is 11.0 Å². The molecule has 1 saturated heterocycles. The third-order valence-electron chi connectivity index (χ3n) is 8.74. The normalized spacial score (nSPS) is 19.5. The first-order valence-electron chi connectivity index (χ1n) is 14.8. The van der Waals surface area contributed by atoms with Gasteiger partial charge in [0.1, 0.15) is 28.8 Å². The zero-order valence-corrected chi connectivity index (χ0v) is 25.3. The highest BCUT2D eigenvalue weighted by Crippen LogP contribution is 2.42. The summed E-state index contributed by atoms with van der Waals surface area (Å²) in [5.74, 6) is -3.25. The van der Waals surface area contributed by atoms with Crippen molar-refractivity contribution in [3.63, 3.8) is 0 Å². The minimum atomic E-state index is -5.09. The number of aromatic nitrogens is 3. The van der Waals surface area contributed by atoms with Crippen LogP contribution in [0.1, 0.15) is 49.2 Å². The molecule has 2 aliphatic heterocycles. The highest BCUT2D eigenvalue weighted by molar-refractivity contribution is 6.00. The largest absolute Gasteiger partial charge is 0.431 e. The van der Waals surface area contributed by atoms with Gasteiger partial charge in [-0.25, -0.2) is 8.78 Å². The Morgan fingerprint density at radius 1 is 1.15 bits per heavy atom. The summed E-state index contributed by atoms with van der Waals surface area (Å²) >= 11 is 0. The molecule has 3 aromatic heterocycles. The number of alkyl halides is 3. The molecule has 1 N–H and O–H groups in total. The van der Waals surface area contributed by atoms with Gasteiger partial charge in [-0.05, 0) is 43.0 Å². The van der Waals surface area contributed by atoms with Crippen molar-refractivity contribution in [2.45, 2.75) is 51.4 Å². The first-order valence-corrected chi connectivity index (χ1v) is 14.8. The predicted molar refractivity (Wildman–Crippen MR) is 164 cm³/mol. The van der Waals surface area contributed by atoms with Crippen LogP contribution in [-0.2, 0) is 11.0 Å².